The van der Waals surface area contributed by atoms with Crippen LogP contribution in [0.1, 0.15) is 12.0 Å². The molecule has 2 heterocycles. The smallest absolute Gasteiger partial charge is 0.293 e. The molecule has 20 heavy (non-hydrogen) atoms. The maximum absolute atomic E-state index is 12.5. The van der Waals surface area contributed by atoms with E-state index in [9.17, 15) is 4.79 Å². The van der Waals surface area contributed by atoms with Crippen molar-refractivity contribution in [3.05, 3.63) is 58.6 Å². The summed E-state index contributed by atoms with van der Waals surface area (Å²) in [5, 5.41) is 0. The molecule has 5 nitrogen and oxygen atoms in total. The van der Waals surface area contributed by atoms with Crippen LogP contribution in [0.5, 0.6) is 0 Å². The van der Waals surface area contributed by atoms with E-state index in [-0.39, 0.29) is 11.6 Å². The fourth-order valence-corrected chi connectivity index (χ4v) is 2.54. The molecule has 0 saturated carbocycles. The molecular formula is C15H18N4O. The molecule has 1 fully saturated rings. The minimum Gasteiger partial charge on any atom is -0.350 e. The summed E-state index contributed by atoms with van der Waals surface area (Å²) in [5.41, 5.74) is 6.95. The summed E-state index contributed by atoms with van der Waals surface area (Å²) in [7, 11) is 0. The maximum Gasteiger partial charge on any atom is 0.293 e. The van der Waals surface area contributed by atoms with Crippen LogP contribution < -0.4 is 16.2 Å². The molecule has 1 saturated heterocycles. The predicted octanol–water partition coefficient (Wildman–Crippen LogP) is 0.829. The number of nitrogens with zero attached hydrogens (tertiary/aromatic N) is 3. The summed E-state index contributed by atoms with van der Waals surface area (Å²) in [6.07, 6.45) is 4.33. The first-order valence-electron chi connectivity index (χ1n) is 6.84. The zero-order valence-corrected chi connectivity index (χ0v) is 11.3. The molecule has 0 amide bonds. The van der Waals surface area contributed by atoms with Crippen LogP contribution >= 0.6 is 0 Å². The van der Waals surface area contributed by atoms with Crippen LogP contribution in [0.15, 0.2) is 47.5 Å². The van der Waals surface area contributed by atoms with Crippen LogP contribution in [0, 0.1) is 0 Å². The minimum atomic E-state index is -0.0505. The topological polar surface area (TPSA) is 64.2 Å². The molecule has 1 aromatic heterocycles. The first-order chi connectivity index (χ1) is 9.74. The summed E-state index contributed by atoms with van der Waals surface area (Å²) in [4.78, 5) is 18.7. The summed E-state index contributed by atoms with van der Waals surface area (Å²) in [6.45, 7) is 2.07. The lowest BCUT2D eigenvalue weighted by Crippen LogP contribution is -2.33. The number of hydrogen-bond donors (Lipinski definition) is 1. The summed E-state index contributed by atoms with van der Waals surface area (Å²) >= 11 is 0. The van der Waals surface area contributed by atoms with Gasteiger partial charge in [0.25, 0.3) is 5.56 Å². The first-order valence-corrected chi connectivity index (χ1v) is 6.84. The van der Waals surface area contributed by atoms with E-state index in [4.69, 9.17) is 5.73 Å². The number of nitrogens with two attached hydrogens (primary N) is 1. The van der Waals surface area contributed by atoms with E-state index in [1.807, 2.05) is 35.2 Å². The van der Waals surface area contributed by atoms with E-state index >= 15 is 0 Å². The summed E-state index contributed by atoms with van der Waals surface area (Å²) in [6, 6.07) is 10.1. The zero-order valence-electron chi connectivity index (χ0n) is 11.3. The second-order valence-corrected chi connectivity index (χ2v) is 5.16. The van der Waals surface area contributed by atoms with Crippen molar-refractivity contribution in [1.29, 1.82) is 0 Å². The third-order valence-electron chi connectivity index (χ3n) is 3.62. The molecular weight excluding hydrogens is 252 g/mol. The molecule has 0 bridgehead atoms. The van der Waals surface area contributed by atoms with Gasteiger partial charge in [-0.15, -0.1) is 0 Å². The van der Waals surface area contributed by atoms with Crippen molar-refractivity contribution in [2.45, 2.75) is 19.0 Å². The lowest BCUT2D eigenvalue weighted by Gasteiger charge is -2.17. The number of hydrogen-bond acceptors (Lipinski definition) is 4. The monoisotopic (exact) mass is 270 g/mol. The van der Waals surface area contributed by atoms with Gasteiger partial charge in [0.15, 0.2) is 5.82 Å². The fourth-order valence-electron chi connectivity index (χ4n) is 2.54. The molecule has 0 spiro atoms. The molecule has 3 rings (SSSR count). The highest BCUT2D eigenvalue weighted by molar-refractivity contribution is 5.37. The molecule has 1 aromatic carbocycles. The van der Waals surface area contributed by atoms with Gasteiger partial charge in [-0.3, -0.25) is 4.79 Å². The Morgan fingerprint density at radius 2 is 2.10 bits per heavy atom. The molecule has 104 valence electrons. The van der Waals surface area contributed by atoms with Crippen LogP contribution in [0.25, 0.3) is 0 Å². The Balaban J connectivity index is 1.88. The molecule has 0 aliphatic carbocycles. The van der Waals surface area contributed by atoms with Crippen molar-refractivity contribution in [3.63, 3.8) is 0 Å². The minimum absolute atomic E-state index is 0.0505. The van der Waals surface area contributed by atoms with Crippen molar-refractivity contribution in [1.82, 2.24) is 9.55 Å². The van der Waals surface area contributed by atoms with Crippen LogP contribution in [-0.2, 0) is 6.54 Å². The Hall–Kier alpha value is -2.14. The van der Waals surface area contributed by atoms with Crippen molar-refractivity contribution < 1.29 is 0 Å². The SMILES string of the molecule is N[C@H]1CCN(c2nccn(Cc3ccccc3)c2=O)C1. The molecule has 5 heteroatoms. The predicted molar refractivity (Wildman–Crippen MR) is 78.8 cm³/mol. The third kappa shape index (κ3) is 2.58. The largest absolute Gasteiger partial charge is 0.350 e. The van der Waals surface area contributed by atoms with Gasteiger partial charge in [0, 0.05) is 31.5 Å². The van der Waals surface area contributed by atoms with E-state index in [1.165, 1.54) is 0 Å². The second kappa shape index (κ2) is 5.46. The van der Waals surface area contributed by atoms with Crippen LogP contribution in [0.3, 0.4) is 0 Å². The Kier molecular flexibility index (Phi) is 3.52. The highest BCUT2D eigenvalue weighted by Gasteiger charge is 2.22. The van der Waals surface area contributed by atoms with Crippen LogP contribution in [0.4, 0.5) is 5.82 Å². The zero-order chi connectivity index (χ0) is 13.9. The summed E-state index contributed by atoms with van der Waals surface area (Å²) < 4.78 is 1.70. The van der Waals surface area contributed by atoms with Gasteiger partial charge in [0.1, 0.15) is 0 Å². The van der Waals surface area contributed by atoms with Gasteiger partial charge in [-0.05, 0) is 12.0 Å². The third-order valence-corrected chi connectivity index (χ3v) is 3.62. The van der Waals surface area contributed by atoms with Gasteiger partial charge in [-0.25, -0.2) is 4.98 Å². The normalized spacial score (nSPS) is 18.4. The molecule has 1 aliphatic rings. The van der Waals surface area contributed by atoms with E-state index in [0.29, 0.717) is 18.9 Å². The molecule has 1 aliphatic heterocycles. The highest BCUT2D eigenvalue weighted by Crippen LogP contribution is 2.13. The lowest BCUT2D eigenvalue weighted by molar-refractivity contribution is 0.730. The standard InChI is InChI=1S/C15H18N4O/c16-13-6-8-18(11-13)14-15(20)19(9-7-17-14)10-12-4-2-1-3-5-12/h1-5,7,9,13H,6,8,10-11,16H2/t13-/m0/s1. The Morgan fingerprint density at radius 1 is 1.30 bits per heavy atom. The molecule has 2 aromatic rings. The maximum atomic E-state index is 12.5. The van der Waals surface area contributed by atoms with E-state index in [0.717, 1.165) is 18.5 Å². The van der Waals surface area contributed by atoms with E-state index < -0.39 is 0 Å². The number of anilines is 1. The Bertz CT molecular complexity index is 638. The van der Waals surface area contributed by atoms with Gasteiger partial charge in [0.2, 0.25) is 0 Å². The number of rotatable bonds is 3. The molecule has 0 unspecified atom stereocenters. The quantitative estimate of drug-likeness (QED) is 0.897. The Labute approximate surface area is 117 Å². The average molecular weight is 270 g/mol. The lowest BCUT2D eigenvalue weighted by atomic mass is 10.2. The fraction of sp³-hybridized carbons (Fsp3) is 0.333. The van der Waals surface area contributed by atoms with Gasteiger partial charge in [-0.2, -0.15) is 0 Å². The highest BCUT2D eigenvalue weighted by atomic mass is 16.1. The number of aromatic nitrogens is 2. The molecule has 0 radical (unpaired) electrons. The van der Waals surface area contributed by atoms with Gasteiger partial charge in [0.05, 0.1) is 6.54 Å². The van der Waals surface area contributed by atoms with Gasteiger partial charge >= 0.3 is 0 Å². The van der Waals surface area contributed by atoms with Crippen molar-refractivity contribution in [2.75, 3.05) is 18.0 Å². The van der Waals surface area contributed by atoms with E-state index in [2.05, 4.69) is 4.98 Å². The van der Waals surface area contributed by atoms with Crippen molar-refractivity contribution in [3.8, 4) is 0 Å². The Morgan fingerprint density at radius 3 is 2.80 bits per heavy atom. The van der Waals surface area contributed by atoms with Crippen LogP contribution in [-0.4, -0.2) is 28.7 Å². The number of benzene rings is 1. The average Bonchev–Trinajstić information content (AvgIpc) is 2.89. The van der Waals surface area contributed by atoms with Crippen molar-refractivity contribution >= 4 is 5.82 Å². The second-order valence-electron chi connectivity index (χ2n) is 5.16. The van der Waals surface area contributed by atoms with E-state index in [1.54, 1.807) is 17.0 Å². The van der Waals surface area contributed by atoms with Crippen LogP contribution in [0.2, 0.25) is 0 Å². The summed E-state index contributed by atoms with van der Waals surface area (Å²) in [5.74, 6) is 0.511. The van der Waals surface area contributed by atoms with Gasteiger partial charge in [-0.1, -0.05) is 30.3 Å². The molecule has 2 N–H and O–H groups in total. The first kappa shape index (κ1) is 12.9. The van der Waals surface area contributed by atoms with Crippen molar-refractivity contribution in [2.24, 2.45) is 5.73 Å². The molecule has 1 atom stereocenters. The van der Waals surface area contributed by atoms with Gasteiger partial charge < -0.3 is 15.2 Å².